The van der Waals surface area contributed by atoms with Gasteiger partial charge in [0, 0.05) is 25.9 Å². The second kappa shape index (κ2) is 7.32. The van der Waals surface area contributed by atoms with Gasteiger partial charge in [-0.1, -0.05) is 6.07 Å². The number of benzene rings is 1. The number of amides is 2. The van der Waals surface area contributed by atoms with Crippen LogP contribution >= 0.6 is 0 Å². The normalized spacial score (nSPS) is 18.9. The minimum atomic E-state index is -4.15. The van der Waals surface area contributed by atoms with E-state index in [-0.39, 0.29) is 5.03 Å². The van der Waals surface area contributed by atoms with E-state index in [1.165, 1.54) is 21.9 Å². The summed E-state index contributed by atoms with van der Waals surface area (Å²) in [4.78, 5) is 12.7. The molecule has 0 spiro atoms. The van der Waals surface area contributed by atoms with Gasteiger partial charge in [0.25, 0.3) is 10.0 Å². The van der Waals surface area contributed by atoms with Crippen molar-refractivity contribution < 1.29 is 22.7 Å². The van der Waals surface area contributed by atoms with E-state index in [0.717, 1.165) is 55.3 Å². The van der Waals surface area contributed by atoms with E-state index in [0.29, 0.717) is 18.9 Å². The number of nitrogens with one attached hydrogen (secondary N) is 2. The molecule has 10 heteroatoms. The van der Waals surface area contributed by atoms with Gasteiger partial charge in [-0.15, -0.1) is 0 Å². The van der Waals surface area contributed by atoms with E-state index in [9.17, 15) is 13.2 Å². The third kappa shape index (κ3) is 3.33. The largest absolute Gasteiger partial charge is 0.374 e. The third-order valence-corrected chi connectivity index (χ3v) is 7.80. The minimum Gasteiger partial charge on any atom is -0.374 e. The van der Waals surface area contributed by atoms with Gasteiger partial charge < -0.3 is 14.8 Å². The summed E-state index contributed by atoms with van der Waals surface area (Å²) in [5.74, 6) is 0. The monoisotopic (exact) mass is 446 g/mol. The highest BCUT2D eigenvalue weighted by atomic mass is 32.2. The SMILES string of the molecule is COC1(c2cc(S(=O)(=O)NC(=O)Nc3c4c(cc5c3CCC5)CCC4)nn2C)COC1. The molecule has 0 radical (unpaired) electrons. The highest BCUT2D eigenvalue weighted by molar-refractivity contribution is 7.90. The van der Waals surface area contributed by atoms with Gasteiger partial charge in [0.05, 0.1) is 18.9 Å². The van der Waals surface area contributed by atoms with Crippen LogP contribution in [0.2, 0.25) is 0 Å². The van der Waals surface area contributed by atoms with Gasteiger partial charge in [0.15, 0.2) is 10.6 Å². The molecular formula is C21H26N4O5S. The molecule has 2 aliphatic carbocycles. The van der Waals surface area contributed by atoms with Crippen LogP contribution in [0.4, 0.5) is 10.5 Å². The summed E-state index contributed by atoms with van der Waals surface area (Å²) in [5.41, 5.74) is 5.47. The smallest absolute Gasteiger partial charge is 0.333 e. The van der Waals surface area contributed by atoms with Crippen molar-refractivity contribution in [3.8, 4) is 0 Å². The maximum atomic E-state index is 12.9. The Hall–Kier alpha value is -2.43. The van der Waals surface area contributed by atoms with Crippen LogP contribution in [0.15, 0.2) is 17.2 Å². The second-order valence-corrected chi connectivity index (χ2v) is 10.1. The molecule has 1 aromatic heterocycles. The Balaban J connectivity index is 1.38. The molecule has 1 fully saturated rings. The maximum Gasteiger partial charge on any atom is 0.333 e. The predicted octanol–water partition coefficient (Wildman–Crippen LogP) is 1.78. The number of methoxy groups -OCH3 is 1. The highest BCUT2D eigenvalue weighted by Crippen LogP contribution is 2.38. The Morgan fingerprint density at radius 2 is 1.77 bits per heavy atom. The van der Waals surface area contributed by atoms with Crippen LogP contribution in [0.3, 0.4) is 0 Å². The van der Waals surface area contributed by atoms with Crippen LogP contribution in [0.5, 0.6) is 0 Å². The topological polar surface area (TPSA) is 112 Å². The molecule has 0 saturated carbocycles. The van der Waals surface area contributed by atoms with Gasteiger partial charge in [-0.05, 0) is 60.8 Å². The number of sulfonamides is 1. The molecule has 2 aromatic rings. The maximum absolute atomic E-state index is 12.9. The van der Waals surface area contributed by atoms with Gasteiger partial charge in [-0.3, -0.25) is 4.68 Å². The van der Waals surface area contributed by atoms with E-state index >= 15 is 0 Å². The average molecular weight is 447 g/mol. The van der Waals surface area contributed by atoms with Crippen LogP contribution in [-0.4, -0.2) is 44.6 Å². The van der Waals surface area contributed by atoms with Crippen molar-refractivity contribution in [1.29, 1.82) is 0 Å². The number of hydrogen-bond donors (Lipinski definition) is 2. The first-order valence-corrected chi connectivity index (χ1v) is 12.0. The van der Waals surface area contributed by atoms with Crippen LogP contribution in [0.25, 0.3) is 0 Å². The Morgan fingerprint density at radius 3 is 2.32 bits per heavy atom. The lowest BCUT2D eigenvalue weighted by molar-refractivity contribution is -0.206. The summed E-state index contributed by atoms with van der Waals surface area (Å²) in [6.45, 7) is 0.640. The minimum absolute atomic E-state index is 0.230. The fourth-order valence-corrected chi connectivity index (χ4v) is 5.83. The van der Waals surface area contributed by atoms with Crippen molar-refractivity contribution in [3.05, 3.63) is 40.1 Å². The number of nitrogens with zero attached hydrogens (tertiary/aromatic N) is 2. The lowest BCUT2D eigenvalue weighted by atomic mass is 9.97. The standard InChI is InChI=1S/C21H26N4O5S/c1-25-17(21(29-2)11-30-12-21)10-18(23-25)31(27,28)24-20(26)22-19-15-7-3-5-13(15)9-14-6-4-8-16(14)19/h9-10H,3-8,11-12H2,1-2H3,(H2,22,24,26). The van der Waals surface area contributed by atoms with E-state index in [2.05, 4.69) is 21.2 Å². The fourth-order valence-electron chi connectivity index (χ4n) is 4.94. The number of aryl methyl sites for hydroxylation is 3. The number of aromatic nitrogens is 2. The highest BCUT2D eigenvalue weighted by Gasteiger charge is 2.44. The van der Waals surface area contributed by atoms with Gasteiger partial charge in [-0.25, -0.2) is 9.52 Å². The van der Waals surface area contributed by atoms with E-state index in [1.807, 2.05) is 0 Å². The quantitative estimate of drug-likeness (QED) is 0.724. The van der Waals surface area contributed by atoms with Gasteiger partial charge in [0.1, 0.15) is 0 Å². The van der Waals surface area contributed by atoms with E-state index in [1.54, 1.807) is 14.2 Å². The lowest BCUT2D eigenvalue weighted by Crippen LogP contribution is -2.49. The van der Waals surface area contributed by atoms with Gasteiger partial charge >= 0.3 is 6.03 Å². The number of ether oxygens (including phenoxy) is 2. The molecule has 2 N–H and O–H groups in total. The number of anilines is 1. The van der Waals surface area contributed by atoms with Crippen molar-refractivity contribution in [2.75, 3.05) is 25.6 Å². The zero-order chi connectivity index (χ0) is 21.8. The van der Waals surface area contributed by atoms with E-state index < -0.39 is 21.7 Å². The van der Waals surface area contributed by atoms with Gasteiger partial charge in [0.2, 0.25) is 0 Å². The first kappa shape index (κ1) is 20.5. The summed E-state index contributed by atoms with van der Waals surface area (Å²) >= 11 is 0. The molecule has 5 rings (SSSR count). The Kier molecular flexibility index (Phi) is 4.83. The Labute approximate surface area is 181 Å². The molecule has 2 heterocycles. The molecule has 9 nitrogen and oxygen atoms in total. The summed E-state index contributed by atoms with van der Waals surface area (Å²) < 4.78 is 40.1. The number of rotatable bonds is 5. The van der Waals surface area contributed by atoms with E-state index in [4.69, 9.17) is 9.47 Å². The lowest BCUT2D eigenvalue weighted by Gasteiger charge is -2.39. The van der Waals surface area contributed by atoms with Crippen LogP contribution in [-0.2, 0) is 57.8 Å². The molecule has 0 unspecified atom stereocenters. The molecule has 166 valence electrons. The fraction of sp³-hybridized carbons (Fsp3) is 0.524. The van der Waals surface area contributed by atoms with Crippen LogP contribution < -0.4 is 10.0 Å². The predicted molar refractivity (Wildman–Crippen MR) is 113 cm³/mol. The average Bonchev–Trinajstić information content (AvgIpc) is 3.41. The summed E-state index contributed by atoms with van der Waals surface area (Å²) in [7, 11) is -0.962. The van der Waals surface area contributed by atoms with Crippen molar-refractivity contribution >= 4 is 21.7 Å². The zero-order valence-corrected chi connectivity index (χ0v) is 18.5. The van der Waals surface area contributed by atoms with Crippen molar-refractivity contribution in [3.63, 3.8) is 0 Å². The molecule has 0 atom stereocenters. The third-order valence-electron chi connectivity index (χ3n) is 6.60. The van der Waals surface area contributed by atoms with Crippen molar-refractivity contribution in [1.82, 2.24) is 14.5 Å². The molecule has 31 heavy (non-hydrogen) atoms. The number of carbonyl (C=O) groups excluding carboxylic acids is 1. The number of fused-ring (bicyclic) bond motifs is 2. The molecule has 3 aliphatic rings. The molecule has 0 bridgehead atoms. The van der Waals surface area contributed by atoms with Crippen LogP contribution in [0, 0.1) is 0 Å². The first-order chi connectivity index (χ1) is 14.8. The number of carbonyl (C=O) groups is 1. The van der Waals surface area contributed by atoms with Crippen molar-refractivity contribution in [2.24, 2.45) is 7.05 Å². The van der Waals surface area contributed by atoms with Crippen molar-refractivity contribution in [2.45, 2.75) is 49.2 Å². The summed E-state index contributed by atoms with van der Waals surface area (Å²) in [6.07, 6.45) is 5.90. The first-order valence-electron chi connectivity index (χ1n) is 10.5. The summed E-state index contributed by atoms with van der Waals surface area (Å²) in [6, 6.07) is 2.92. The molecule has 1 saturated heterocycles. The Morgan fingerprint density at radius 1 is 1.13 bits per heavy atom. The second-order valence-electron chi connectivity index (χ2n) is 8.48. The molecule has 1 aliphatic heterocycles. The summed E-state index contributed by atoms with van der Waals surface area (Å²) in [5, 5.41) is 6.72. The van der Waals surface area contributed by atoms with Gasteiger partial charge in [-0.2, -0.15) is 13.5 Å². The molecule has 2 amide bonds. The van der Waals surface area contributed by atoms with Crippen LogP contribution in [0.1, 0.15) is 40.8 Å². The zero-order valence-electron chi connectivity index (χ0n) is 17.7. The molecule has 1 aromatic carbocycles. The number of hydrogen-bond acceptors (Lipinski definition) is 6. The molecular weight excluding hydrogens is 420 g/mol. The Bertz CT molecular complexity index is 1130. The number of urea groups is 1.